The van der Waals surface area contributed by atoms with Crippen LogP contribution in [-0.4, -0.2) is 66.2 Å². The average Bonchev–Trinajstić information content (AvgIpc) is 2.88. The molecule has 1 unspecified atom stereocenters. The summed E-state index contributed by atoms with van der Waals surface area (Å²) >= 11 is 0. The van der Waals surface area contributed by atoms with Gasteiger partial charge in [0.15, 0.2) is 0 Å². The third-order valence-electron chi connectivity index (χ3n) is 3.21. The second kappa shape index (κ2) is 7.64. The van der Waals surface area contributed by atoms with E-state index in [-0.39, 0.29) is 6.42 Å². The lowest BCUT2D eigenvalue weighted by Crippen LogP contribution is -2.48. The number of urea groups is 1. The van der Waals surface area contributed by atoms with Crippen LogP contribution in [0.2, 0.25) is 0 Å². The van der Waals surface area contributed by atoms with Gasteiger partial charge in [-0.05, 0) is 25.9 Å². The Balaban J connectivity index is 2.34. The van der Waals surface area contributed by atoms with E-state index in [1.165, 1.54) is 17.7 Å². The lowest BCUT2D eigenvalue weighted by atomic mass is 10.2. The summed E-state index contributed by atoms with van der Waals surface area (Å²) in [6.45, 7) is 3.54. The van der Waals surface area contributed by atoms with Crippen LogP contribution in [0.25, 0.3) is 0 Å². The number of carbonyl (C=O) groups excluding carboxylic acids is 1. The molecule has 0 saturated carbocycles. The van der Waals surface area contributed by atoms with E-state index in [2.05, 4.69) is 16.1 Å². The van der Waals surface area contributed by atoms with Crippen molar-refractivity contribution in [3.63, 3.8) is 0 Å². The van der Waals surface area contributed by atoms with Gasteiger partial charge in [-0.2, -0.15) is 0 Å². The van der Waals surface area contributed by atoms with Crippen LogP contribution in [0, 0.1) is 12.3 Å². The summed E-state index contributed by atoms with van der Waals surface area (Å²) in [6.07, 6.45) is 7.48. The van der Waals surface area contributed by atoms with Crippen molar-refractivity contribution in [3.05, 3.63) is 0 Å². The van der Waals surface area contributed by atoms with Gasteiger partial charge in [0.2, 0.25) is 0 Å². The Hall–Kier alpha value is -1.74. The summed E-state index contributed by atoms with van der Waals surface area (Å²) in [5, 5.41) is 11.3. The molecule has 1 aliphatic heterocycles. The molecule has 1 aliphatic rings. The van der Waals surface area contributed by atoms with Crippen molar-refractivity contribution < 1.29 is 14.7 Å². The van der Waals surface area contributed by atoms with Gasteiger partial charge in [0, 0.05) is 26.6 Å². The number of hydrogen-bond acceptors (Lipinski definition) is 3. The molecule has 0 aliphatic carbocycles. The number of hydrogen-bond donors (Lipinski definition) is 2. The highest BCUT2D eigenvalue weighted by molar-refractivity contribution is 5.82. The summed E-state index contributed by atoms with van der Waals surface area (Å²) < 4.78 is 0. The standard InChI is InChI=1S/C13H21N3O3/c1-3-6-11(12(17)18)14-13(19)15(2)9-10-16-7-4-5-8-16/h1,11H,4-10H2,2H3,(H,14,19)(H,17,18). The third kappa shape index (κ3) is 5.18. The highest BCUT2D eigenvalue weighted by Crippen LogP contribution is 2.06. The Bertz CT molecular complexity index is 359. The van der Waals surface area contributed by atoms with Gasteiger partial charge in [-0.3, -0.25) is 0 Å². The van der Waals surface area contributed by atoms with Crippen molar-refractivity contribution >= 4 is 12.0 Å². The van der Waals surface area contributed by atoms with Crippen molar-refractivity contribution in [2.24, 2.45) is 0 Å². The Morgan fingerprint density at radius 1 is 1.47 bits per heavy atom. The maximum Gasteiger partial charge on any atom is 0.327 e. The van der Waals surface area contributed by atoms with E-state index in [0.717, 1.165) is 19.6 Å². The number of nitrogens with zero attached hydrogens (tertiary/aromatic N) is 2. The minimum atomic E-state index is -1.11. The summed E-state index contributed by atoms with van der Waals surface area (Å²) in [5.41, 5.74) is 0. The molecule has 0 aromatic carbocycles. The molecule has 1 atom stereocenters. The second-order valence-corrected chi connectivity index (χ2v) is 4.72. The number of carboxylic acid groups (broad SMARTS) is 1. The molecule has 0 radical (unpaired) electrons. The molecule has 1 heterocycles. The van der Waals surface area contributed by atoms with Crippen LogP contribution in [0.3, 0.4) is 0 Å². The van der Waals surface area contributed by atoms with E-state index in [0.29, 0.717) is 6.54 Å². The van der Waals surface area contributed by atoms with Crippen LogP contribution in [-0.2, 0) is 4.79 Å². The fraction of sp³-hybridized carbons (Fsp3) is 0.692. The molecule has 6 nitrogen and oxygen atoms in total. The quantitative estimate of drug-likeness (QED) is 0.674. The number of likely N-dealkylation sites (N-methyl/N-ethyl adjacent to an activating group) is 1. The molecule has 0 bridgehead atoms. The zero-order valence-electron chi connectivity index (χ0n) is 11.3. The number of aliphatic carboxylic acids is 1. The molecular weight excluding hydrogens is 246 g/mol. The van der Waals surface area contributed by atoms with E-state index in [1.807, 2.05) is 0 Å². The molecule has 0 aromatic rings. The fourth-order valence-electron chi connectivity index (χ4n) is 1.98. The molecular formula is C13H21N3O3. The first-order valence-electron chi connectivity index (χ1n) is 6.45. The molecule has 1 saturated heterocycles. The van der Waals surface area contributed by atoms with Gasteiger partial charge < -0.3 is 20.2 Å². The van der Waals surface area contributed by atoms with Gasteiger partial charge >= 0.3 is 12.0 Å². The van der Waals surface area contributed by atoms with Crippen molar-refractivity contribution in [2.75, 3.05) is 33.2 Å². The SMILES string of the molecule is C#CCC(NC(=O)N(C)CCN1CCCC1)C(=O)O. The van der Waals surface area contributed by atoms with E-state index in [1.54, 1.807) is 7.05 Å². The zero-order valence-corrected chi connectivity index (χ0v) is 11.3. The van der Waals surface area contributed by atoms with Crippen molar-refractivity contribution in [2.45, 2.75) is 25.3 Å². The number of carbonyl (C=O) groups is 2. The number of carboxylic acids is 1. The van der Waals surface area contributed by atoms with Gasteiger partial charge in [-0.1, -0.05) is 0 Å². The highest BCUT2D eigenvalue weighted by Gasteiger charge is 2.21. The monoisotopic (exact) mass is 267 g/mol. The predicted molar refractivity (Wildman–Crippen MR) is 71.7 cm³/mol. The number of amides is 2. The van der Waals surface area contributed by atoms with E-state index in [9.17, 15) is 9.59 Å². The molecule has 0 aromatic heterocycles. The minimum absolute atomic E-state index is 0.0129. The number of rotatable bonds is 6. The molecule has 19 heavy (non-hydrogen) atoms. The summed E-state index contributed by atoms with van der Waals surface area (Å²) in [6, 6.07) is -1.42. The van der Waals surface area contributed by atoms with Crippen LogP contribution < -0.4 is 5.32 Å². The number of likely N-dealkylation sites (tertiary alicyclic amines) is 1. The van der Waals surface area contributed by atoms with E-state index < -0.39 is 18.0 Å². The van der Waals surface area contributed by atoms with Gasteiger partial charge in [0.1, 0.15) is 6.04 Å². The maximum atomic E-state index is 11.8. The Morgan fingerprint density at radius 3 is 2.63 bits per heavy atom. The summed E-state index contributed by atoms with van der Waals surface area (Å²) in [5.74, 6) is 1.14. The van der Waals surface area contributed by atoms with Gasteiger partial charge in [-0.15, -0.1) is 12.3 Å². The molecule has 1 fully saturated rings. The lowest BCUT2D eigenvalue weighted by molar-refractivity contribution is -0.139. The topological polar surface area (TPSA) is 72.9 Å². The normalized spacial score (nSPS) is 16.6. The smallest absolute Gasteiger partial charge is 0.327 e. The van der Waals surface area contributed by atoms with Gasteiger partial charge in [-0.25, -0.2) is 9.59 Å². The van der Waals surface area contributed by atoms with Crippen LogP contribution in [0.5, 0.6) is 0 Å². The Morgan fingerprint density at radius 2 is 2.11 bits per heavy atom. The minimum Gasteiger partial charge on any atom is -0.480 e. The molecule has 2 N–H and O–H groups in total. The van der Waals surface area contributed by atoms with Crippen molar-refractivity contribution in [3.8, 4) is 12.3 Å². The first kappa shape index (κ1) is 15.3. The highest BCUT2D eigenvalue weighted by atomic mass is 16.4. The molecule has 1 rings (SSSR count). The second-order valence-electron chi connectivity index (χ2n) is 4.72. The van der Waals surface area contributed by atoms with E-state index >= 15 is 0 Å². The zero-order chi connectivity index (χ0) is 14.3. The van der Waals surface area contributed by atoms with Crippen LogP contribution in [0.4, 0.5) is 4.79 Å². The first-order chi connectivity index (χ1) is 9.04. The maximum absolute atomic E-state index is 11.8. The van der Waals surface area contributed by atoms with Crippen LogP contribution in [0.1, 0.15) is 19.3 Å². The fourth-order valence-corrected chi connectivity index (χ4v) is 1.98. The number of terminal acetylenes is 1. The molecule has 6 heteroatoms. The van der Waals surface area contributed by atoms with E-state index in [4.69, 9.17) is 11.5 Å². The predicted octanol–water partition coefficient (Wildman–Crippen LogP) is 0.200. The van der Waals surface area contributed by atoms with Gasteiger partial charge in [0.05, 0.1) is 0 Å². The first-order valence-corrected chi connectivity index (χ1v) is 6.45. The average molecular weight is 267 g/mol. The van der Waals surface area contributed by atoms with Crippen molar-refractivity contribution in [1.29, 1.82) is 0 Å². The summed E-state index contributed by atoms with van der Waals surface area (Å²) in [4.78, 5) is 26.5. The Labute approximate surface area is 113 Å². The molecule has 2 amide bonds. The van der Waals surface area contributed by atoms with Gasteiger partial charge in [0.25, 0.3) is 0 Å². The lowest BCUT2D eigenvalue weighted by Gasteiger charge is -2.23. The third-order valence-corrected chi connectivity index (χ3v) is 3.21. The largest absolute Gasteiger partial charge is 0.480 e. The molecule has 106 valence electrons. The number of nitrogens with one attached hydrogen (secondary N) is 1. The van der Waals surface area contributed by atoms with Crippen LogP contribution in [0.15, 0.2) is 0 Å². The van der Waals surface area contributed by atoms with Crippen molar-refractivity contribution in [1.82, 2.24) is 15.1 Å². The summed E-state index contributed by atoms with van der Waals surface area (Å²) in [7, 11) is 1.65. The van der Waals surface area contributed by atoms with Crippen LogP contribution >= 0.6 is 0 Å². The molecule has 0 spiro atoms. The Kier molecular flexibility index (Phi) is 6.16.